The number of non-ortho nitro benzene ring substituents is 1. The highest BCUT2D eigenvalue weighted by atomic mass is 16.6. The first-order valence-corrected chi connectivity index (χ1v) is 5.97. The molecule has 0 N–H and O–H groups in total. The van der Waals surface area contributed by atoms with Crippen LogP contribution < -0.4 is 4.90 Å². The van der Waals surface area contributed by atoms with Crippen LogP contribution in [0.3, 0.4) is 0 Å². The summed E-state index contributed by atoms with van der Waals surface area (Å²) in [6, 6.07) is 7.51. The van der Waals surface area contributed by atoms with E-state index in [4.69, 9.17) is 0 Å². The summed E-state index contributed by atoms with van der Waals surface area (Å²) in [5.41, 5.74) is 1.28. The van der Waals surface area contributed by atoms with E-state index in [1.807, 2.05) is 12.1 Å². The molecular formula is C12H15N3O2. The zero-order valence-corrected chi connectivity index (χ0v) is 9.58. The van der Waals surface area contributed by atoms with Crippen LogP contribution in [0.25, 0.3) is 0 Å². The van der Waals surface area contributed by atoms with Crippen LogP contribution in [0.4, 0.5) is 11.4 Å². The number of anilines is 1. The number of hydrogen-bond donors (Lipinski definition) is 0. The van der Waals surface area contributed by atoms with E-state index in [0.717, 1.165) is 25.3 Å². The number of nitro benzene ring substituents is 1. The molecule has 5 nitrogen and oxygen atoms in total. The Kier molecular flexibility index (Phi) is 2.48. The second-order valence-electron chi connectivity index (χ2n) is 4.71. The molecule has 17 heavy (non-hydrogen) atoms. The second-order valence-corrected chi connectivity index (χ2v) is 4.71. The summed E-state index contributed by atoms with van der Waals surface area (Å²) in [7, 11) is 0. The standard InChI is InChI=1S/C12H15N3O2/c16-15(17)11-3-1-10(2-4-11)14-8-7-13-6-5-12(14)9-13/h1-4,12H,5-9H2/t12-/m1/s1. The molecule has 3 rings (SSSR count). The van der Waals surface area contributed by atoms with Gasteiger partial charge in [-0.15, -0.1) is 0 Å². The first kappa shape index (κ1) is 10.5. The summed E-state index contributed by atoms with van der Waals surface area (Å²) in [6.07, 6.45) is 1.21. The van der Waals surface area contributed by atoms with Crippen molar-refractivity contribution in [3.8, 4) is 0 Å². The first-order valence-electron chi connectivity index (χ1n) is 5.97. The molecule has 0 aliphatic carbocycles. The van der Waals surface area contributed by atoms with E-state index in [0.29, 0.717) is 6.04 Å². The van der Waals surface area contributed by atoms with Gasteiger partial charge in [-0.1, -0.05) is 0 Å². The number of benzene rings is 1. The SMILES string of the molecule is O=[N+]([O-])c1ccc(N2CCN3CC[C@@H]2C3)cc1. The molecule has 0 aromatic heterocycles. The Morgan fingerprint density at radius 1 is 1.18 bits per heavy atom. The van der Waals surface area contributed by atoms with Crippen molar-refractivity contribution < 1.29 is 4.92 Å². The molecule has 0 amide bonds. The van der Waals surface area contributed by atoms with Gasteiger partial charge in [0, 0.05) is 50.0 Å². The molecule has 2 fully saturated rings. The van der Waals surface area contributed by atoms with Gasteiger partial charge in [0.05, 0.1) is 4.92 Å². The molecule has 1 unspecified atom stereocenters. The van der Waals surface area contributed by atoms with Crippen molar-refractivity contribution in [1.29, 1.82) is 0 Å². The van der Waals surface area contributed by atoms with E-state index in [1.165, 1.54) is 13.0 Å². The van der Waals surface area contributed by atoms with Gasteiger partial charge in [0.1, 0.15) is 0 Å². The highest BCUT2D eigenvalue weighted by molar-refractivity contribution is 5.52. The quantitative estimate of drug-likeness (QED) is 0.573. The van der Waals surface area contributed by atoms with Crippen molar-refractivity contribution in [3.05, 3.63) is 34.4 Å². The lowest BCUT2D eigenvalue weighted by Crippen LogP contribution is -2.46. The molecule has 5 heteroatoms. The summed E-state index contributed by atoms with van der Waals surface area (Å²) in [5.74, 6) is 0. The molecule has 0 saturated carbocycles. The van der Waals surface area contributed by atoms with Crippen molar-refractivity contribution in [1.82, 2.24) is 4.90 Å². The van der Waals surface area contributed by atoms with Crippen molar-refractivity contribution in [2.45, 2.75) is 12.5 Å². The topological polar surface area (TPSA) is 49.6 Å². The van der Waals surface area contributed by atoms with Crippen LogP contribution in [0.2, 0.25) is 0 Å². The van der Waals surface area contributed by atoms with Gasteiger partial charge in [-0.3, -0.25) is 15.0 Å². The van der Waals surface area contributed by atoms with E-state index in [2.05, 4.69) is 9.80 Å². The van der Waals surface area contributed by atoms with Gasteiger partial charge >= 0.3 is 0 Å². The Hall–Kier alpha value is -1.62. The normalized spacial score (nSPS) is 27.2. The summed E-state index contributed by atoms with van der Waals surface area (Å²) in [5, 5.41) is 10.6. The minimum atomic E-state index is -0.350. The van der Waals surface area contributed by atoms with Gasteiger partial charge < -0.3 is 4.90 Å². The third kappa shape index (κ3) is 1.86. The lowest BCUT2D eigenvalue weighted by molar-refractivity contribution is -0.384. The van der Waals surface area contributed by atoms with Gasteiger partial charge in [-0.05, 0) is 18.6 Å². The largest absolute Gasteiger partial charge is 0.366 e. The van der Waals surface area contributed by atoms with Gasteiger partial charge in [0.15, 0.2) is 0 Å². The minimum Gasteiger partial charge on any atom is -0.366 e. The summed E-state index contributed by atoms with van der Waals surface area (Å²) < 4.78 is 0. The maximum Gasteiger partial charge on any atom is 0.269 e. The van der Waals surface area contributed by atoms with Crippen LogP contribution in [0, 0.1) is 10.1 Å². The lowest BCUT2D eigenvalue weighted by Gasteiger charge is -2.36. The fraction of sp³-hybridized carbons (Fsp3) is 0.500. The van der Waals surface area contributed by atoms with E-state index in [-0.39, 0.29) is 10.6 Å². The molecule has 1 aromatic rings. The Morgan fingerprint density at radius 3 is 2.65 bits per heavy atom. The molecule has 90 valence electrons. The highest BCUT2D eigenvalue weighted by Crippen LogP contribution is 2.27. The monoisotopic (exact) mass is 233 g/mol. The minimum absolute atomic E-state index is 0.166. The van der Waals surface area contributed by atoms with Gasteiger partial charge in [-0.25, -0.2) is 0 Å². The van der Waals surface area contributed by atoms with Crippen molar-refractivity contribution in [2.75, 3.05) is 31.1 Å². The van der Waals surface area contributed by atoms with Crippen LogP contribution in [-0.2, 0) is 0 Å². The molecule has 2 atom stereocenters. The predicted octanol–water partition coefficient (Wildman–Crippen LogP) is 1.49. The lowest BCUT2D eigenvalue weighted by atomic mass is 10.1. The Bertz CT molecular complexity index is 432. The summed E-state index contributed by atoms with van der Waals surface area (Å²) in [6.45, 7) is 4.46. The molecular weight excluding hydrogens is 218 g/mol. The first-order chi connectivity index (χ1) is 8.24. The third-order valence-electron chi connectivity index (χ3n) is 3.74. The van der Waals surface area contributed by atoms with E-state index in [9.17, 15) is 10.1 Å². The molecule has 2 heterocycles. The van der Waals surface area contributed by atoms with E-state index in [1.54, 1.807) is 12.1 Å². The summed E-state index contributed by atoms with van der Waals surface area (Å²) in [4.78, 5) is 15.1. The number of nitro groups is 1. The molecule has 0 spiro atoms. The van der Waals surface area contributed by atoms with E-state index < -0.39 is 0 Å². The zero-order chi connectivity index (χ0) is 11.8. The van der Waals surface area contributed by atoms with E-state index >= 15 is 0 Å². The third-order valence-corrected chi connectivity index (χ3v) is 3.74. The van der Waals surface area contributed by atoms with Crippen LogP contribution in [0.15, 0.2) is 24.3 Å². The van der Waals surface area contributed by atoms with Crippen molar-refractivity contribution >= 4 is 11.4 Å². The van der Waals surface area contributed by atoms with Crippen LogP contribution in [-0.4, -0.2) is 42.0 Å². The predicted molar refractivity (Wildman–Crippen MR) is 65.3 cm³/mol. The van der Waals surface area contributed by atoms with Crippen LogP contribution in [0.5, 0.6) is 0 Å². The highest BCUT2D eigenvalue weighted by Gasteiger charge is 2.32. The second kappa shape index (κ2) is 4.00. The Morgan fingerprint density at radius 2 is 1.94 bits per heavy atom. The maximum atomic E-state index is 10.6. The van der Waals surface area contributed by atoms with Crippen molar-refractivity contribution in [2.24, 2.45) is 0 Å². The van der Waals surface area contributed by atoms with Crippen LogP contribution in [0.1, 0.15) is 6.42 Å². The van der Waals surface area contributed by atoms with Crippen LogP contribution >= 0.6 is 0 Å². The smallest absolute Gasteiger partial charge is 0.269 e. The fourth-order valence-electron chi connectivity index (χ4n) is 2.81. The van der Waals surface area contributed by atoms with Crippen molar-refractivity contribution in [3.63, 3.8) is 0 Å². The van der Waals surface area contributed by atoms with Gasteiger partial charge in [0.25, 0.3) is 5.69 Å². The molecule has 2 bridgehead atoms. The number of piperazine rings is 1. The zero-order valence-electron chi connectivity index (χ0n) is 9.58. The maximum absolute atomic E-state index is 10.6. The molecule has 2 saturated heterocycles. The molecule has 2 aliphatic heterocycles. The number of nitrogens with zero attached hydrogens (tertiary/aromatic N) is 3. The molecule has 2 aliphatic rings. The Labute approximate surface area is 99.8 Å². The average molecular weight is 233 g/mol. The van der Waals surface area contributed by atoms with Gasteiger partial charge in [0.2, 0.25) is 0 Å². The number of fused-ring (bicyclic) bond motifs is 2. The number of hydrogen-bond acceptors (Lipinski definition) is 4. The number of rotatable bonds is 2. The average Bonchev–Trinajstić information content (AvgIpc) is 2.72. The fourth-order valence-corrected chi connectivity index (χ4v) is 2.81. The molecule has 1 aromatic carbocycles. The molecule has 0 radical (unpaired) electrons. The van der Waals surface area contributed by atoms with Gasteiger partial charge in [-0.2, -0.15) is 0 Å². The Balaban J connectivity index is 1.81. The summed E-state index contributed by atoms with van der Waals surface area (Å²) >= 11 is 0.